The van der Waals surface area contributed by atoms with E-state index in [2.05, 4.69) is 43.4 Å². The van der Waals surface area contributed by atoms with Gasteiger partial charge in [0, 0.05) is 0 Å². The van der Waals surface area contributed by atoms with Crippen molar-refractivity contribution < 1.29 is 0 Å². The summed E-state index contributed by atoms with van der Waals surface area (Å²) in [6, 6.07) is 9.55. The number of benzene rings is 1. The topological polar surface area (TPSA) is 12.0 Å². The number of hydrogen-bond acceptors (Lipinski definition) is 1. The monoisotopic (exact) mass is 271 g/mol. The molecule has 0 bridgehead atoms. The maximum Gasteiger partial charge on any atom is -0.00431 e. The molecular formula is C19H29N. The quantitative estimate of drug-likeness (QED) is 0.811. The first-order valence-electron chi connectivity index (χ1n) is 8.45. The van der Waals surface area contributed by atoms with E-state index in [0.29, 0.717) is 5.41 Å². The minimum atomic E-state index is 0.573. The van der Waals surface area contributed by atoms with Gasteiger partial charge in [-0.3, -0.25) is 0 Å². The normalized spacial score (nSPS) is 24.7. The zero-order valence-electron chi connectivity index (χ0n) is 13.1. The average Bonchev–Trinajstić information content (AvgIpc) is 2.48. The van der Waals surface area contributed by atoms with Crippen LogP contribution in [0.2, 0.25) is 0 Å². The van der Waals surface area contributed by atoms with Crippen LogP contribution in [0.3, 0.4) is 0 Å². The molecule has 1 aliphatic carbocycles. The Morgan fingerprint density at radius 1 is 0.900 bits per heavy atom. The van der Waals surface area contributed by atoms with Gasteiger partial charge in [0.1, 0.15) is 0 Å². The van der Waals surface area contributed by atoms with E-state index >= 15 is 0 Å². The molecule has 1 heterocycles. The van der Waals surface area contributed by atoms with Crippen LogP contribution in [-0.4, -0.2) is 13.1 Å². The minimum absolute atomic E-state index is 0.573. The van der Waals surface area contributed by atoms with Crippen molar-refractivity contribution in [3.63, 3.8) is 0 Å². The van der Waals surface area contributed by atoms with E-state index in [9.17, 15) is 0 Å². The fourth-order valence-corrected chi connectivity index (χ4v) is 3.95. The highest BCUT2D eigenvalue weighted by molar-refractivity contribution is 5.29. The third-order valence-corrected chi connectivity index (χ3v) is 5.53. The fourth-order valence-electron chi connectivity index (χ4n) is 3.95. The molecule has 1 saturated carbocycles. The van der Waals surface area contributed by atoms with Gasteiger partial charge in [-0.1, -0.05) is 38.1 Å². The van der Waals surface area contributed by atoms with Gasteiger partial charge in [0.25, 0.3) is 0 Å². The maximum absolute atomic E-state index is 3.47. The Balaban J connectivity index is 1.71. The molecule has 1 N–H and O–H groups in total. The Morgan fingerprint density at radius 3 is 2.05 bits per heavy atom. The lowest BCUT2D eigenvalue weighted by Gasteiger charge is -2.35. The first-order valence-corrected chi connectivity index (χ1v) is 8.45. The molecule has 0 spiro atoms. The highest BCUT2D eigenvalue weighted by Gasteiger charge is 2.27. The zero-order chi connectivity index (χ0) is 14.0. The van der Waals surface area contributed by atoms with Crippen molar-refractivity contribution in [2.45, 2.75) is 64.2 Å². The van der Waals surface area contributed by atoms with Gasteiger partial charge in [0.2, 0.25) is 0 Å². The number of piperidine rings is 1. The first-order chi connectivity index (χ1) is 9.64. The molecule has 1 nitrogen and oxygen atoms in total. The highest BCUT2D eigenvalue weighted by atomic mass is 14.9. The van der Waals surface area contributed by atoms with Crippen LogP contribution in [0, 0.1) is 5.41 Å². The summed E-state index contributed by atoms with van der Waals surface area (Å²) < 4.78 is 0. The van der Waals surface area contributed by atoms with Gasteiger partial charge < -0.3 is 5.32 Å². The molecule has 0 aromatic heterocycles. The number of rotatable bonds is 2. The van der Waals surface area contributed by atoms with Crippen molar-refractivity contribution in [1.29, 1.82) is 0 Å². The summed E-state index contributed by atoms with van der Waals surface area (Å²) >= 11 is 0. The van der Waals surface area contributed by atoms with E-state index in [1.165, 1.54) is 51.6 Å². The summed E-state index contributed by atoms with van der Waals surface area (Å²) in [4.78, 5) is 0. The van der Waals surface area contributed by atoms with E-state index in [1.54, 1.807) is 11.1 Å². The lowest BCUT2D eigenvalue weighted by atomic mass is 9.71. The number of nitrogens with one attached hydrogen (secondary N) is 1. The van der Waals surface area contributed by atoms with E-state index < -0.39 is 0 Å². The zero-order valence-corrected chi connectivity index (χ0v) is 13.1. The summed E-state index contributed by atoms with van der Waals surface area (Å²) in [5, 5.41) is 3.47. The second-order valence-corrected chi connectivity index (χ2v) is 7.63. The molecule has 1 saturated heterocycles. The number of hydrogen-bond donors (Lipinski definition) is 1. The highest BCUT2D eigenvalue weighted by Crippen LogP contribution is 2.42. The summed E-state index contributed by atoms with van der Waals surface area (Å²) in [6.45, 7) is 7.22. The molecule has 2 aliphatic rings. The Labute approximate surface area is 124 Å². The Hall–Kier alpha value is -0.820. The molecule has 110 valence electrons. The SMILES string of the molecule is CC1(C)CCC(c2cccc(C3CCNCC3)c2)CC1. The summed E-state index contributed by atoms with van der Waals surface area (Å²) in [5.41, 5.74) is 3.77. The van der Waals surface area contributed by atoms with Crippen LogP contribution in [0.1, 0.15) is 75.3 Å². The van der Waals surface area contributed by atoms with E-state index in [1.807, 2.05) is 0 Å². The predicted molar refractivity (Wildman–Crippen MR) is 86.3 cm³/mol. The molecule has 0 unspecified atom stereocenters. The molecule has 1 aliphatic heterocycles. The molecular weight excluding hydrogens is 242 g/mol. The maximum atomic E-state index is 3.47. The predicted octanol–water partition coefficient (Wildman–Crippen LogP) is 4.84. The summed E-state index contributed by atoms with van der Waals surface area (Å²) in [6.07, 6.45) is 8.14. The molecule has 0 amide bonds. The van der Waals surface area contributed by atoms with Gasteiger partial charge in [0.15, 0.2) is 0 Å². The van der Waals surface area contributed by atoms with Crippen LogP contribution in [-0.2, 0) is 0 Å². The van der Waals surface area contributed by atoms with Crippen molar-refractivity contribution >= 4 is 0 Å². The summed E-state index contributed by atoms with van der Waals surface area (Å²) in [5.74, 6) is 1.60. The van der Waals surface area contributed by atoms with Crippen molar-refractivity contribution in [2.24, 2.45) is 5.41 Å². The third kappa shape index (κ3) is 3.25. The van der Waals surface area contributed by atoms with Crippen molar-refractivity contribution in [1.82, 2.24) is 5.32 Å². The lowest BCUT2D eigenvalue weighted by molar-refractivity contribution is 0.224. The molecule has 1 aromatic carbocycles. The fraction of sp³-hybridized carbons (Fsp3) is 0.684. The van der Waals surface area contributed by atoms with Gasteiger partial charge in [-0.2, -0.15) is 0 Å². The van der Waals surface area contributed by atoms with Crippen LogP contribution >= 0.6 is 0 Å². The van der Waals surface area contributed by atoms with E-state index in [0.717, 1.165) is 11.8 Å². The second-order valence-electron chi connectivity index (χ2n) is 7.63. The van der Waals surface area contributed by atoms with Crippen molar-refractivity contribution in [3.05, 3.63) is 35.4 Å². The van der Waals surface area contributed by atoms with Gasteiger partial charge in [-0.25, -0.2) is 0 Å². The molecule has 1 heteroatoms. The smallest absolute Gasteiger partial charge is 0.00431 e. The molecule has 1 aromatic rings. The summed E-state index contributed by atoms with van der Waals surface area (Å²) in [7, 11) is 0. The van der Waals surface area contributed by atoms with Crippen molar-refractivity contribution in [3.8, 4) is 0 Å². The minimum Gasteiger partial charge on any atom is -0.317 e. The third-order valence-electron chi connectivity index (χ3n) is 5.53. The largest absolute Gasteiger partial charge is 0.317 e. The van der Waals surface area contributed by atoms with Crippen LogP contribution in [0.15, 0.2) is 24.3 Å². The van der Waals surface area contributed by atoms with Crippen LogP contribution in [0.25, 0.3) is 0 Å². The molecule has 20 heavy (non-hydrogen) atoms. The van der Waals surface area contributed by atoms with Gasteiger partial charge in [-0.15, -0.1) is 0 Å². The standard InChI is InChI=1S/C19H29N/c1-19(2)10-6-15(7-11-19)17-4-3-5-18(14-17)16-8-12-20-13-9-16/h3-5,14-16,20H,6-13H2,1-2H3. The Morgan fingerprint density at radius 2 is 1.45 bits per heavy atom. The van der Waals surface area contributed by atoms with Gasteiger partial charge in [-0.05, 0) is 80.0 Å². The average molecular weight is 271 g/mol. The molecule has 2 fully saturated rings. The van der Waals surface area contributed by atoms with E-state index in [-0.39, 0.29) is 0 Å². The first kappa shape index (κ1) is 14.1. The van der Waals surface area contributed by atoms with E-state index in [4.69, 9.17) is 0 Å². The van der Waals surface area contributed by atoms with Crippen LogP contribution < -0.4 is 5.32 Å². The molecule has 0 radical (unpaired) electrons. The Kier molecular flexibility index (Phi) is 4.16. The lowest BCUT2D eigenvalue weighted by Crippen LogP contribution is -2.26. The van der Waals surface area contributed by atoms with Crippen LogP contribution in [0.4, 0.5) is 0 Å². The Bertz CT molecular complexity index is 433. The van der Waals surface area contributed by atoms with Crippen LogP contribution in [0.5, 0.6) is 0 Å². The van der Waals surface area contributed by atoms with Gasteiger partial charge >= 0.3 is 0 Å². The van der Waals surface area contributed by atoms with Crippen molar-refractivity contribution in [2.75, 3.05) is 13.1 Å². The molecule has 0 atom stereocenters. The molecule has 3 rings (SSSR count). The second kappa shape index (κ2) is 5.89. The van der Waals surface area contributed by atoms with Gasteiger partial charge in [0.05, 0.1) is 0 Å².